The first-order valence-corrected chi connectivity index (χ1v) is 6.97. The van der Waals surface area contributed by atoms with Crippen LogP contribution in [-0.4, -0.2) is 52.0 Å². The molecule has 1 rings (SSSR count). The van der Waals surface area contributed by atoms with Crippen LogP contribution in [0.3, 0.4) is 0 Å². The van der Waals surface area contributed by atoms with Gasteiger partial charge in [-0.2, -0.15) is 0 Å². The van der Waals surface area contributed by atoms with Crippen LogP contribution in [0.15, 0.2) is 17.5 Å². The molecule has 1 atom stereocenters. The topological polar surface area (TPSA) is 21.7 Å². The lowest BCUT2D eigenvalue weighted by Crippen LogP contribution is -2.33. The van der Waals surface area contributed by atoms with E-state index in [0.717, 1.165) is 32.8 Å². The zero-order chi connectivity index (χ0) is 12.5. The average molecular weight is 278 g/mol. The third-order valence-electron chi connectivity index (χ3n) is 2.49. The van der Waals surface area contributed by atoms with Crippen molar-refractivity contribution >= 4 is 22.9 Å². The van der Waals surface area contributed by atoms with Crippen LogP contribution in [0.4, 0.5) is 0 Å². The van der Waals surface area contributed by atoms with Crippen LogP contribution in [0.1, 0.15) is 10.3 Å². The molecule has 1 aromatic heterocycles. The van der Waals surface area contributed by atoms with Gasteiger partial charge in [0.15, 0.2) is 0 Å². The molecule has 5 heteroatoms. The van der Waals surface area contributed by atoms with Crippen molar-refractivity contribution in [3.05, 3.63) is 22.4 Å². The molecule has 0 amide bonds. The smallest absolute Gasteiger partial charge is 0.0805 e. The van der Waals surface area contributed by atoms with E-state index in [1.807, 2.05) is 6.07 Å². The Bertz CT molecular complexity index is 274. The van der Waals surface area contributed by atoms with Gasteiger partial charge in [-0.1, -0.05) is 6.07 Å². The Hall–Kier alpha value is -0.130. The number of methoxy groups -OCH3 is 2. The molecule has 3 nitrogen and oxygen atoms in total. The van der Waals surface area contributed by atoms with Gasteiger partial charge in [-0.3, -0.25) is 4.90 Å². The third kappa shape index (κ3) is 5.84. The SMILES string of the molecule is COCCN(CCOC)CC(Cl)c1cccs1. The lowest BCUT2D eigenvalue weighted by atomic mass is 10.3. The zero-order valence-corrected chi connectivity index (χ0v) is 12.0. The number of hydrogen-bond acceptors (Lipinski definition) is 4. The summed E-state index contributed by atoms with van der Waals surface area (Å²) >= 11 is 8.09. The summed E-state index contributed by atoms with van der Waals surface area (Å²) in [5.74, 6) is 0. The highest BCUT2D eigenvalue weighted by Crippen LogP contribution is 2.25. The lowest BCUT2D eigenvalue weighted by molar-refractivity contribution is 0.114. The molecule has 1 heterocycles. The lowest BCUT2D eigenvalue weighted by Gasteiger charge is -2.23. The summed E-state index contributed by atoms with van der Waals surface area (Å²) in [5, 5.41) is 2.10. The van der Waals surface area contributed by atoms with Crippen molar-refractivity contribution in [2.45, 2.75) is 5.38 Å². The molecule has 0 fully saturated rings. The van der Waals surface area contributed by atoms with Gasteiger partial charge < -0.3 is 9.47 Å². The van der Waals surface area contributed by atoms with Gasteiger partial charge in [-0.15, -0.1) is 22.9 Å². The molecule has 0 aliphatic rings. The van der Waals surface area contributed by atoms with Gasteiger partial charge in [0.2, 0.25) is 0 Å². The second kappa shape index (κ2) is 8.89. The van der Waals surface area contributed by atoms with Gasteiger partial charge in [0.05, 0.1) is 18.6 Å². The minimum atomic E-state index is 0.0451. The quantitative estimate of drug-likeness (QED) is 0.648. The Kier molecular flexibility index (Phi) is 7.81. The Morgan fingerprint density at radius 1 is 1.29 bits per heavy atom. The molecule has 0 radical (unpaired) electrons. The molecule has 0 aliphatic heterocycles. The Labute approximate surface area is 112 Å². The number of nitrogens with zero attached hydrogens (tertiary/aromatic N) is 1. The van der Waals surface area contributed by atoms with Gasteiger partial charge in [0.1, 0.15) is 0 Å². The highest BCUT2D eigenvalue weighted by Gasteiger charge is 2.14. The molecular formula is C12H20ClNO2S. The monoisotopic (exact) mass is 277 g/mol. The number of ether oxygens (including phenoxy) is 2. The molecular weight excluding hydrogens is 258 g/mol. The highest BCUT2D eigenvalue weighted by atomic mass is 35.5. The van der Waals surface area contributed by atoms with E-state index in [2.05, 4.69) is 16.3 Å². The standard InChI is InChI=1S/C12H20ClNO2S/c1-15-7-5-14(6-8-16-2)10-11(13)12-4-3-9-17-12/h3-4,9,11H,5-8,10H2,1-2H3. The maximum atomic E-state index is 6.39. The van der Waals surface area contributed by atoms with Crippen molar-refractivity contribution < 1.29 is 9.47 Å². The number of rotatable bonds is 9. The highest BCUT2D eigenvalue weighted by molar-refractivity contribution is 7.10. The van der Waals surface area contributed by atoms with Crippen molar-refractivity contribution in [2.75, 3.05) is 47.1 Å². The summed E-state index contributed by atoms with van der Waals surface area (Å²) in [7, 11) is 3.43. The van der Waals surface area contributed by atoms with E-state index in [0.29, 0.717) is 0 Å². The first-order chi connectivity index (χ1) is 8.27. The fraction of sp³-hybridized carbons (Fsp3) is 0.667. The van der Waals surface area contributed by atoms with Crippen LogP contribution in [0.5, 0.6) is 0 Å². The van der Waals surface area contributed by atoms with Crippen molar-refractivity contribution in [1.82, 2.24) is 4.90 Å². The van der Waals surface area contributed by atoms with Gasteiger partial charge in [-0.05, 0) is 11.4 Å². The number of hydrogen-bond donors (Lipinski definition) is 0. The van der Waals surface area contributed by atoms with Crippen LogP contribution in [0.2, 0.25) is 0 Å². The Morgan fingerprint density at radius 2 is 1.94 bits per heavy atom. The maximum Gasteiger partial charge on any atom is 0.0805 e. The third-order valence-corrected chi connectivity index (χ3v) is 3.98. The number of halogens is 1. The molecule has 0 saturated heterocycles. The van der Waals surface area contributed by atoms with E-state index in [-0.39, 0.29) is 5.38 Å². The second-order valence-electron chi connectivity index (χ2n) is 3.77. The minimum absolute atomic E-state index is 0.0451. The molecule has 17 heavy (non-hydrogen) atoms. The van der Waals surface area contributed by atoms with E-state index in [1.165, 1.54) is 4.88 Å². The number of thiophene rings is 1. The molecule has 1 unspecified atom stereocenters. The van der Waals surface area contributed by atoms with Crippen LogP contribution in [0, 0.1) is 0 Å². The molecule has 0 bridgehead atoms. The zero-order valence-electron chi connectivity index (χ0n) is 10.4. The van der Waals surface area contributed by atoms with Gasteiger partial charge >= 0.3 is 0 Å². The molecule has 0 spiro atoms. The first-order valence-electron chi connectivity index (χ1n) is 5.65. The largest absolute Gasteiger partial charge is 0.383 e. The normalized spacial score (nSPS) is 13.2. The predicted octanol–water partition coefficient (Wildman–Crippen LogP) is 2.62. The van der Waals surface area contributed by atoms with Crippen LogP contribution in [-0.2, 0) is 9.47 Å². The van der Waals surface area contributed by atoms with Crippen molar-refractivity contribution in [3.63, 3.8) is 0 Å². The predicted molar refractivity (Wildman–Crippen MR) is 73.1 cm³/mol. The average Bonchev–Trinajstić information content (AvgIpc) is 2.86. The van der Waals surface area contributed by atoms with E-state index in [1.54, 1.807) is 25.6 Å². The summed E-state index contributed by atoms with van der Waals surface area (Å²) in [6.45, 7) is 4.03. The number of alkyl halides is 1. The maximum absolute atomic E-state index is 6.39. The molecule has 0 aliphatic carbocycles. The minimum Gasteiger partial charge on any atom is -0.383 e. The second-order valence-corrected chi connectivity index (χ2v) is 5.28. The molecule has 0 N–H and O–H groups in total. The van der Waals surface area contributed by atoms with E-state index < -0.39 is 0 Å². The summed E-state index contributed by atoms with van der Waals surface area (Å²) in [5.41, 5.74) is 0. The van der Waals surface area contributed by atoms with Gasteiger partial charge in [0, 0.05) is 38.7 Å². The fourth-order valence-corrected chi connectivity index (χ4v) is 2.64. The van der Waals surface area contributed by atoms with Crippen molar-refractivity contribution in [3.8, 4) is 0 Å². The fourth-order valence-electron chi connectivity index (χ4n) is 1.52. The van der Waals surface area contributed by atoms with Crippen molar-refractivity contribution in [2.24, 2.45) is 0 Å². The Morgan fingerprint density at radius 3 is 2.41 bits per heavy atom. The first kappa shape index (κ1) is 14.9. The van der Waals surface area contributed by atoms with E-state index >= 15 is 0 Å². The molecule has 0 saturated carbocycles. The molecule has 98 valence electrons. The summed E-state index contributed by atoms with van der Waals surface area (Å²) in [6.07, 6.45) is 0. The van der Waals surface area contributed by atoms with E-state index in [9.17, 15) is 0 Å². The summed E-state index contributed by atoms with van der Waals surface area (Å²) in [6, 6.07) is 4.11. The van der Waals surface area contributed by atoms with Crippen LogP contribution in [0.25, 0.3) is 0 Å². The Balaban J connectivity index is 2.40. The van der Waals surface area contributed by atoms with Crippen LogP contribution < -0.4 is 0 Å². The molecule has 0 aromatic carbocycles. The van der Waals surface area contributed by atoms with Crippen molar-refractivity contribution in [1.29, 1.82) is 0 Å². The summed E-state index contributed by atoms with van der Waals surface area (Å²) < 4.78 is 10.2. The van der Waals surface area contributed by atoms with Gasteiger partial charge in [-0.25, -0.2) is 0 Å². The van der Waals surface area contributed by atoms with Gasteiger partial charge in [0.25, 0.3) is 0 Å². The summed E-state index contributed by atoms with van der Waals surface area (Å²) in [4.78, 5) is 3.48. The van der Waals surface area contributed by atoms with E-state index in [4.69, 9.17) is 21.1 Å². The molecule has 1 aromatic rings. The van der Waals surface area contributed by atoms with Crippen LogP contribution >= 0.6 is 22.9 Å².